The van der Waals surface area contributed by atoms with Gasteiger partial charge in [0.25, 0.3) is 0 Å². The van der Waals surface area contributed by atoms with Gasteiger partial charge in [-0.3, -0.25) is 5.43 Å². The van der Waals surface area contributed by atoms with Crippen molar-refractivity contribution in [3.05, 3.63) is 137 Å². The third kappa shape index (κ3) is 8.39. The van der Waals surface area contributed by atoms with Crippen LogP contribution in [-0.2, 0) is 12.8 Å². The summed E-state index contributed by atoms with van der Waals surface area (Å²) < 4.78 is 1.08. The van der Waals surface area contributed by atoms with Crippen LogP contribution in [0, 0.1) is 0 Å². The van der Waals surface area contributed by atoms with Crippen molar-refractivity contribution in [2.45, 2.75) is 25.8 Å². The number of hydrazone groups is 1. The molecule has 0 heterocycles. The molecular formula is C30H35BrN4. The van der Waals surface area contributed by atoms with Crippen molar-refractivity contribution in [2.75, 3.05) is 12.8 Å². The van der Waals surface area contributed by atoms with Gasteiger partial charge in [0.05, 0.1) is 11.4 Å². The zero-order chi connectivity index (χ0) is 25.6. The van der Waals surface area contributed by atoms with Gasteiger partial charge in [-0.2, -0.15) is 5.10 Å². The molecule has 2 aromatic rings. The first kappa shape index (κ1) is 27.8. The van der Waals surface area contributed by atoms with Crippen LogP contribution in [-0.4, -0.2) is 18.8 Å². The lowest BCUT2D eigenvalue weighted by Gasteiger charge is -2.26. The van der Waals surface area contributed by atoms with Gasteiger partial charge in [0.1, 0.15) is 0 Å². The van der Waals surface area contributed by atoms with Gasteiger partial charge in [-0.15, -0.1) is 0 Å². The lowest BCUT2D eigenvalue weighted by Crippen LogP contribution is -2.33. The number of nitrogens with one attached hydrogen (secondary N) is 2. The summed E-state index contributed by atoms with van der Waals surface area (Å²) in [7, 11) is 1.97. The van der Waals surface area contributed by atoms with Crippen LogP contribution < -0.4 is 16.5 Å². The Hall–Kier alpha value is -3.41. The van der Waals surface area contributed by atoms with Gasteiger partial charge in [-0.05, 0) is 73.5 Å². The van der Waals surface area contributed by atoms with Gasteiger partial charge in [0.15, 0.2) is 0 Å². The number of allylic oxidation sites excluding steroid dienone is 6. The molecule has 0 saturated carbocycles. The molecule has 1 aliphatic rings. The van der Waals surface area contributed by atoms with Gasteiger partial charge < -0.3 is 11.1 Å². The van der Waals surface area contributed by atoms with E-state index in [1.165, 1.54) is 11.1 Å². The Morgan fingerprint density at radius 3 is 2.37 bits per heavy atom. The summed E-state index contributed by atoms with van der Waals surface area (Å²) in [5.41, 5.74) is 15.8. The Morgan fingerprint density at radius 1 is 1.09 bits per heavy atom. The number of fused-ring (bicyclic) bond motifs is 1. The normalized spacial score (nSPS) is 19.1. The summed E-state index contributed by atoms with van der Waals surface area (Å²) >= 11 is 3.60. The number of rotatable bonds is 7. The molecule has 1 aliphatic carbocycles. The molecule has 0 aliphatic heterocycles. The average molecular weight is 532 g/mol. The highest BCUT2D eigenvalue weighted by atomic mass is 79.9. The molecule has 2 aromatic carbocycles. The molecule has 35 heavy (non-hydrogen) atoms. The van der Waals surface area contributed by atoms with Crippen molar-refractivity contribution in [1.82, 2.24) is 10.7 Å². The second kappa shape index (κ2) is 14.8. The zero-order valence-corrected chi connectivity index (χ0v) is 22.2. The summed E-state index contributed by atoms with van der Waals surface area (Å²) in [5, 5.41) is 8.17. The molecular weight excluding hydrogens is 496 g/mol. The van der Waals surface area contributed by atoms with Crippen molar-refractivity contribution < 1.29 is 0 Å². The van der Waals surface area contributed by atoms with Crippen molar-refractivity contribution >= 4 is 27.3 Å². The summed E-state index contributed by atoms with van der Waals surface area (Å²) in [6.07, 6.45) is 12.9. The Labute approximate surface area is 218 Å². The number of anilines is 1. The number of likely N-dealkylation sites (N-methyl/N-ethyl adjacent to an activating group) is 1. The minimum absolute atomic E-state index is 0.128. The molecule has 0 fully saturated rings. The lowest BCUT2D eigenvalue weighted by atomic mass is 9.85. The summed E-state index contributed by atoms with van der Waals surface area (Å²) in [4.78, 5) is 0. The van der Waals surface area contributed by atoms with Crippen LogP contribution in [0.15, 0.2) is 131 Å². The van der Waals surface area contributed by atoms with E-state index < -0.39 is 0 Å². The van der Waals surface area contributed by atoms with E-state index >= 15 is 0 Å². The Morgan fingerprint density at radius 2 is 1.83 bits per heavy atom. The lowest BCUT2D eigenvalue weighted by molar-refractivity contribution is 0.637. The molecule has 0 aromatic heterocycles. The van der Waals surface area contributed by atoms with Crippen molar-refractivity contribution in [3.8, 4) is 0 Å². The molecule has 3 rings (SSSR count). The number of nitrogens with two attached hydrogens (primary N) is 1. The molecule has 4 nitrogen and oxygen atoms in total. The van der Waals surface area contributed by atoms with Crippen LogP contribution in [0.2, 0.25) is 0 Å². The van der Waals surface area contributed by atoms with Gasteiger partial charge >= 0.3 is 0 Å². The van der Waals surface area contributed by atoms with Crippen LogP contribution in [0.1, 0.15) is 18.1 Å². The third-order valence-electron chi connectivity index (χ3n) is 5.48. The number of halogens is 1. The number of hydrogen-bond donors (Lipinski definition) is 3. The van der Waals surface area contributed by atoms with E-state index in [2.05, 4.69) is 64.6 Å². The van der Waals surface area contributed by atoms with Crippen LogP contribution >= 0.6 is 15.9 Å². The summed E-state index contributed by atoms with van der Waals surface area (Å²) in [6.45, 7) is 13.8. The Bertz CT molecular complexity index is 1140. The second-order valence-electron chi connectivity index (χ2n) is 7.85. The van der Waals surface area contributed by atoms with Crippen LogP contribution in [0.4, 0.5) is 5.69 Å². The predicted molar refractivity (Wildman–Crippen MR) is 156 cm³/mol. The fraction of sp³-hybridized carbons (Fsp3) is 0.167. The largest absolute Gasteiger partial charge is 0.399 e. The highest BCUT2D eigenvalue weighted by Crippen LogP contribution is 2.27. The van der Waals surface area contributed by atoms with Gasteiger partial charge in [-0.1, -0.05) is 84.2 Å². The quantitative estimate of drug-likeness (QED) is 0.213. The molecule has 1 atom stereocenters. The van der Waals surface area contributed by atoms with E-state index in [4.69, 9.17) is 10.8 Å². The summed E-state index contributed by atoms with van der Waals surface area (Å²) in [6, 6.07) is 16.0. The molecule has 4 N–H and O–H groups in total. The highest BCUT2D eigenvalue weighted by Gasteiger charge is 2.23. The maximum atomic E-state index is 5.36. The molecule has 182 valence electrons. The van der Waals surface area contributed by atoms with E-state index in [9.17, 15) is 0 Å². The van der Waals surface area contributed by atoms with Gasteiger partial charge in [-0.25, -0.2) is 0 Å². The minimum atomic E-state index is 0.128. The van der Waals surface area contributed by atoms with Crippen LogP contribution in [0.5, 0.6) is 0 Å². The minimum Gasteiger partial charge on any atom is -0.399 e. The van der Waals surface area contributed by atoms with Crippen LogP contribution in [0.25, 0.3) is 0 Å². The Kier molecular flexibility index (Phi) is 11.7. The molecule has 0 spiro atoms. The zero-order valence-electron chi connectivity index (χ0n) is 20.6. The molecule has 0 radical (unpaired) electrons. The Balaban J connectivity index is 0.000000527. The number of benzene rings is 2. The van der Waals surface area contributed by atoms with E-state index in [-0.39, 0.29) is 6.04 Å². The van der Waals surface area contributed by atoms with Gasteiger partial charge in [0.2, 0.25) is 0 Å². The van der Waals surface area contributed by atoms with Gasteiger partial charge in [0, 0.05) is 28.2 Å². The topological polar surface area (TPSA) is 62.4 Å². The second-order valence-corrected chi connectivity index (χ2v) is 8.77. The smallest absolute Gasteiger partial charge is 0.0726 e. The number of para-hydroxylation sites is 1. The van der Waals surface area contributed by atoms with Crippen molar-refractivity contribution in [2.24, 2.45) is 5.10 Å². The van der Waals surface area contributed by atoms with Crippen molar-refractivity contribution in [3.63, 3.8) is 0 Å². The van der Waals surface area contributed by atoms with Crippen LogP contribution in [0.3, 0.4) is 0 Å². The summed E-state index contributed by atoms with van der Waals surface area (Å²) in [5.74, 6) is 0. The SMILES string of the molecule is C=C/C=C(\C=C/C)N/N=C1Cc2ccc(Br)cc2CC(NC)/C(C=C)=C\1C=C.Nc1ccccc1. The number of nitrogen functional groups attached to an aromatic ring is 1. The molecule has 0 bridgehead atoms. The molecule has 0 amide bonds. The standard InChI is InChI=1S/C24H28BrN3.C6H7N/c1-6-10-20(11-7-2)27-28-24-15-17-12-13-19(25)14-18(17)16-23(26-5)21(8-3)22(24)9-4;7-6-4-2-1-3-5-6/h6-14,23,26-27H,1,3-4,15-16H2,2,5H3;1-5H,7H2/b11-7-,20-10+,22-21-,28-24+;. The molecule has 5 heteroatoms. The third-order valence-corrected chi connectivity index (χ3v) is 5.98. The predicted octanol–water partition coefficient (Wildman–Crippen LogP) is 6.66. The van der Waals surface area contributed by atoms with E-state index in [0.717, 1.165) is 39.1 Å². The fourth-order valence-electron chi connectivity index (χ4n) is 3.78. The maximum Gasteiger partial charge on any atom is 0.0726 e. The first-order valence-corrected chi connectivity index (χ1v) is 12.3. The monoisotopic (exact) mass is 530 g/mol. The maximum absolute atomic E-state index is 5.36. The molecule has 1 unspecified atom stereocenters. The highest BCUT2D eigenvalue weighted by molar-refractivity contribution is 9.10. The fourth-order valence-corrected chi connectivity index (χ4v) is 4.19. The van der Waals surface area contributed by atoms with E-state index in [0.29, 0.717) is 6.42 Å². The van der Waals surface area contributed by atoms with E-state index in [1.807, 2.05) is 74.7 Å². The number of hydrogen-bond acceptors (Lipinski definition) is 4. The van der Waals surface area contributed by atoms with Crippen molar-refractivity contribution in [1.29, 1.82) is 0 Å². The van der Waals surface area contributed by atoms with E-state index in [1.54, 1.807) is 6.08 Å². The first-order valence-electron chi connectivity index (χ1n) is 11.5. The average Bonchev–Trinajstić information content (AvgIpc) is 2.85. The number of nitrogens with zero attached hydrogens (tertiary/aromatic N) is 1. The first-order chi connectivity index (χ1) is 17.0. The molecule has 0 saturated heterocycles.